The molecule has 0 fully saturated rings. The van der Waals surface area contributed by atoms with Gasteiger partial charge in [-0.05, 0) is 38.0 Å². The minimum absolute atomic E-state index is 0.603. The second-order valence-corrected chi connectivity index (χ2v) is 4.10. The predicted molar refractivity (Wildman–Crippen MR) is 73.5 cm³/mol. The Morgan fingerprint density at radius 2 is 2.06 bits per heavy atom. The van der Waals surface area contributed by atoms with E-state index in [2.05, 4.69) is 36.9 Å². The van der Waals surface area contributed by atoms with Crippen LogP contribution in [-0.4, -0.2) is 26.3 Å². The van der Waals surface area contributed by atoms with Crippen molar-refractivity contribution in [3.05, 3.63) is 29.3 Å². The van der Waals surface area contributed by atoms with Crippen LogP contribution in [0, 0.1) is 6.92 Å². The summed E-state index contributed by atoms with van der Waals surface area (Å²) in [4.78, 5) is 2.34. The fraction of sp³-hybridized carbons (Fsp3) is 0.571. The van der Waals surface area contributed by atoms with Gasteiger partial charge in [-0.2, -0.15) is 0 Å². The standard InChI is InChI=1S/C14H24N2O/c1-4-16(8-9-17-5-2)14-7-6-13(11-15)10-12(14)3/h6-7,10H,4-5,8-9,11,15H2,1-3H3. The van der Waals surface area contributed by atoms with Crippen molar-refractivity contribution in [2.45, 2.75) is 27.3 Å². The van der Waals surface area contributed by atoms with Gasteiger partial charge in [0.05, 0.1) is 6.61 Å². The maximum Gasteiger partial charge on any atom is 0.0641 e. The summed E-state index contributed by atoms with van der Waals surface area (Å²) in [5.74, 6) is 0. The molecule has 0 saturated heterocycles. The number of aryl methyl sites for hydroxylation is 1. The van der Waals surface area contributed by atoms with Gasteiger partial charge in [0.1, 0.15) is 0 Å². The van der Waals surface area contributed by atoms with E-state index in [1.54, 1.807) is 0 Å². The van der Waals surface area contributed by atoms with Crippen LogP contribution in [-0.2, 0) is 11.3 Å². The highest BCUT2D eigenvalue weighted by atomic mass is 16.5. The topological polar surface area (TPSA) is 38.5 Å². The Bertz CT molecular complexity index is 339. The maximum absolute atomic E-state index is 5.64. The zero-order valence-electron chi connectivity index (χ0n) is 11.2. The highest BCUT2D eigenvalue weighted by molar-refractivity contribution is 5.54. The lowest BCUT2D eigenvalue weighted by Crippen LogP contribution is -2.27. The molecule has 0 amide bonds. The minimum Gasteiger partial charge on any atom is -0.380 e. The summed E-state index contributed by atoms with van der Waals surface area (Å²) in [5.41, 5.74) is 9.39. The highest BCUT2D eigenvalue weighted by Crippen LogP contribution is 2.20. The number of benzene rings is 1. The summed E-state index contributed by atoms with van der Waals surface area (Å²) in [6.07, 6.45) is 0. The van der Waals surface area contributed by atoms with E-state index in [0.717, 1.165) is 26.3 Å². The first-order valence-electron chi connectivity index (χ1n) is 6.35. The van der Waals surface area contributed by atoms with Crippen molar-refractivity contribution in [3.8, 4) is 0 Å². The third kappa shape index (κ3) is 4.02. The van der Waals surface area contributed by atoms with E-state index < -0.39 is 0 Å². The molecule has 17 heavy (non-hydrogen) atoms. The molecule has 0 atom stereocenters. The number of nitrogens with zero attached hydrogens (tertiary/aromatic N) is 1. The first-order chi connectivity index (χ1) is 8.22. The quantitative estimate of drug-likeness (QED) is 0.738. The average molecular weight is 236 g/mol. The molecule has 0 spiro atoms. The molecule has 0 saturated carbocycles. The molecule has 0 aliphatic rings. The number of hydrogen-bond acceptors (Lipinski definition) is 3. The molecular formula is C14H24N2O. The number of rotatable bonds is 7. The van der Waals surface area contributed by atoms with E-state index in [0.29, 0.717) is 6.54 Å². The van der Waals surface area contributed by atoms with Crippen LogP contribution in [0.1, 0.15) is 25.0 Å². The van der Waals surface area contributed by atoms with Gasteiger partial charge in [-0.25, -0.2) is 0 Å². The molecule has 1 rings (SSSR count). The molecule has 0 heterocycles. The van der Waals surface area contributed by atoms with Crippen LogP contribution in [0.4, 0.5) is 5.69 Å². The molecule has 0 aliphatic heterocycles. The molecule has 2 N–H and O–H groups in total. The zero-order valence-corrected chi connectivity index (χ0v) is 11.2. The normalized spacial score (nSPS) is 10.6. The Kier molecular flexibility index (Phi) is 6.01. The maximum atomic E-state index is 5.64. The smallest absolute Gasteiger partial charge is 0.0641 e. The Hall–Kier alpha value is -1.06. The molecule has 0 unspecified atom stereocenters. The number of likely N-dealkylation sites (N-methyl/N-ethyl adjacent to an activating group) is 1. The van der Waals surface area contributed by atoms with Gasteiger partial charge in [0.15, 0.2) is 0 Å². The van der Waals surface area contributed by atoms with Crippen LogP contribution >= 0.6 is 0 Å². The van der Waals surface area contributed by atoms with E-state index in [-0.39, 0.29) is 0 Å². The van der Waals surface area contributed by atoms with E-state index in [1.807, 2.05) is 6.92 Å². The summed E-state index contributed by atoms with van der Waals surface area (Å²) in [6.45, 7) is 10.4. The summed E-state index contributed by atoms with van der Waals surface area (Å²) in [7, 11) is 0. The summed E-state index contributed by atoms with van der Waals surface area (Å²) in [6, 6.07) is 6.43. The molecule has 0 aliphatic carbocycles. The van der Waals surface area contributed by atoms with Crippen molar-refractivity contribution >= 4 is 5.69 Å². The number of hydrogen-bond donors (Lipinski definition) is 1. The lowest BCUT2D eigenvalue weighted by Gasteiger charge is -2.25. The van der Waals surface area contributed by atoms with Crippen molar-refractivity contribution in [3.63, 3.8) is 0 Å². The number of nitrogens with two attached hydrogens (primary N) is 1. The van der Waals surface area contributed by atoms with Gasteiger partial charge in [0.2, 0.25) is 0 Å². The van der Waals surface area contributed by atoms with E-state index in [9.17, 15) is 0 Å². The van der Waals surface area contributed by atoms with Crippen molar-refractivity contribution in [1.82, 2.24) is 0 Å². The number of anilines is 1. The summed E-state index contributed by atoms with van der Waals surface area (Å²) < 4.78 is 5.41. The van der Waals surface area contributed by atoms with Crippen LogP contribution in [0.5, 0.6) is 0 Å². The van der Waals surface area contributed by atoms with E-state index in [4.69, 9.17) is 10.5 Å². The molecular weight excluding hydrogens is 212 g/mol. The second kappa shape index (κ2) is 7.30. The van der Waals surface area contributed by atoms with Crippen LogP contribution in [0.15, 0.2) is 18.2 Å². The first kappa shape index (κ1) is 14.0. The van der Waals surface area contributed by atoms with Crippen LogP contribution in [0.3, 0.4) is 0 Å². The summed E-state index contributed by atoms with van der Waals surface area (Å²) >= 11 is 0. The van der Waals surface area contributed by atoms with Crippen molar-refractivity contribution < 1.29 is 4.74 Å². The van der Waals surface area contributed by atoms with Crippen molar-refractivity contribution in [2.75, 3.05) is 31.2 Å². The molecule has 1 aromatic rings. The number of ether oxygens (including phenoxy) is 1. The van der Waals surface area contributed by atoms with Crippen molar-refractivity contribution in [2.24, 2.45) is 5.73 Å². The van der Waals surface area contributed by atoms with Crippen LogP contribution < -0.4 is 10.6 Å². The molecule has 3 nitrogen and oxygen atoms in total. The van der Waals surface area contributed by atoms with Gasteiger partial charge < -0.3 is 15.4 Å². The monoisotopic (exact) mass is 236 g/mol. The Balaban J connectivity index is 2.73. The second-order valence-electron chi connectivity index (χ2n) is 4.10. The molecule has 1 aromatic carbocycles. The van der Waals surface area contributed by atoms with E-state index in [1.165, 1.54) is 16.8 Å². The molecule has 3 heteroatoms. The largest absolute Gasteiger partial charge is 0.380 e. The Morgan fingerprint density at radius 1 is 1.29 bits per heavy atom. The SMILES string of the molecule is CCOCCN(CC)c1ccc(CN)cc1C. The molecule has 0 bridgehead atoms. The van der Waals surface area contributed by atoms with Crippen LogP contribution in [0.2, 0.25) is 0 Å². The van der Waals surface area contributed by atoms with Gasteiger partial charge in [-0.15, -0.1) is 0 Å². The lowest BCUT2D eigenvalue weighted by molar-refractivity contribution is 0.154. The molecule has 0 aromatic heterocycles. The molecule has 0 radical (unpaired) electrons. The van der Waals surface area contributed by atoms with Gasteiger partial charge in [-0.3, -0.25) is 0 Å². The highest BCUT2D eigenvalue weighted by Gasteiger charge is 2.07. The van der Waals surface area contributed by atoms with Gasteiger partial charge >= 0.3 is 0 Å². The Morgan fingerprint density at radius 3 is 2.59 bits per heavy atom. The molecule has 96 valence electrons. The van der Waals surface area contributed by atoms with E-state index >= 15 is 0 Å². The zero-order chi connectivity index (χ0) is 12.7. The summed E-state index contributed by atoms with van der Waals surface area (Å²) in [5, 5.41) is 0. The first-order valence-corrected chi connectivity index (χ1v) is 6.35. The third-order valence-electron chi connectivity index (χ3n) is 2.93. The lowest BCUT2D eigenvalue weighted by atomic mass is 10.1. The predicted octanol–water partition coefficient (Wildman–Crippen LogP) is 2.32. The van der Waals surface area contributed by atoms with Crippen molar-refractivity contribution in [1.29, 1.82) is 0 Å². The van der Waals surface area contributed by atoms with Gasteiger partial charge in [-0.1, -0.05) is 12.1 Å². The fourth-order valence-corrected chi connectivity index (χ4v) is 1.97. The van der Waals surface area contributed by atoms with Gasteiger partial charge in [0.25, 0.3) is 0 Å². The fourth-order valence-electron chi connectivity index (χ4n) is 1.97. The Labute approximate surface area is 105 Å². The average Bonchev–Trinajstić information content (AvgIpc) is 2.35. The third-order valence-corrected chi connectivity index (χ3v) is 2.93. The van der Waals surface area contributed by atoms with Crippen LogP contribution in [0.25, 0.3) is 0 Å². The van der Waals surface area contributed by atoms with Gasteiger partial charge in [0, 0.05) is 31.9 Å². The minimum atomic E-state index is 0.603.